The van der Waals surface area contributed by atoms with Gasteiger partial charge in [-0.3, -0.25) is 14.9 Å². The van der Waals surface area contributed by atoms with Crippen molar-refractivity contribution in [3.8, 4) is 0 Å². The average molecular weight is 354 g/mol. The number of benzene rings is 1. The summed E-state index contributed by atoms with van der Waals surface area (Å²) in [5.41, 5.74) is 0.915. The molecule has 0 bridgehead atoms. The van der Waals surface area contributed by atoms with Crippen LogP contribution in [0.15, 0.2) is 35.3 Å². The highest BCUT2D eigenvalue weighted by molar-refractivity contribution is 7.17. The van der Waals surface area contributed by atoms with E-state index in [4.69, 9.17) is 11.6 Å². The summed E-state index contributed by atoms with van der Waals surface area (Å²) in [4.78, 5) is 27.1. The Balaban J connectivity index is 2.05. The number of fused-ring (bicyclic) bond motifs is 1. The lowest BCUT2D eigenvalue weighted by Gasteiger charge is -1.94. The molecule has 0 aliphatic heterocycles. The van der Waals surface area contributed by atoms with Gasteiger partial charge in [-0.15, -0.1) is 0 Å². The first kappa shape index (κ1) is 14.9. The SMILES string of the molecule is Cn1c(=NC(=O)c2ccc([N+](=O)[O-])s2)sc2cc(Cl)ccc21. The monoisotopic (exact) mass is 353 g/mol. The van der Waals surface area contributed by atoms with Crippen LogP contribution in [-0.2, 0) is 7.05 Å². The molecule has 0 saturated heterocycles. The summed E-state index contributed by atoms with van der Waals surface area (Å²) in [7, 11) is 1.80. The average Bonchev–Trinajstić information content (AvgIpc) is 3.05. The molecule has 0 saturated carbocycles. The van der Waals surface area contributed by atoms with Gasteiger partial charge in [-0.1, -0.05) is 34.3 Å². The lowest BCUT2D eigenvalue weighted by molar-refractivity contribution is -0.380. The van der Waals surface area contributed by atoms with Gasteiger partial charge in [0.05, 0.1) is 15.1 Å². The summed E-state index contributed by atoms with van der Waals surface area (Å²) >= 11 is 8.10. The largest absolute Gasteiger partial charge is 0.324 e. The van der Waals surface area contributed by atoms with E-state index in [1.54, 1.807) is 23.7 Å². The van der Waals surface area contributed by atoms with Crippen LogP contribution in [-0.4, -0.2) is 15.4 Å². The molecule has 0 atom stereocenters. The predicted octanol–water partition coefficient (Wildman–Crippen LogP) is 3.60. The summed E-state index contributed by atoms with van der Waals surface area (Å²) in [5, 5.41) is 11.2. The molecule has 0 fully saturated rings. The van der Waals surface area contributed by atoms with E-state index >= 15 is 0 Å². The third-order valence-corrected chi connectivity index (χ3v) is 5.31. The van der Waals surface area contributed by atoms with Crippen molar-refractivity contribution in [1.29, 1.82) is 0 Å². The smallest absolute Gasteiger partial charge is 0.319 e. The number of aromatic nitrogens is 1. The van der Waals surface area contributed by atoms with Crippen molar-refractivity contribution < 1.29 is 9.72 Å². The van der Waals surface area contributed by atoms with Crippen LogP contribution in [0.4, 0.5) is 5.00 Å². The molecule has 2 heterocycles. The van der Waals surface area contributed by atoms with E-state index in [1.807, 2.05) is 6.07 Å². The summed E-state index contributed by atoms with van der Waals surface area (Å²) in [6, 6.07) is 8.15. The van der Waals surface area contributed by atoms with E-state index in [-0.39, 0.29) is 9.88 Å². The molecule has 6 nitrogen and oxygen atoms in total. The highest BCUT2D eigenvalue weighted by Crippen LogP contribution is 2.25. The zero-order chi connectivity index (χ0) is 15.9. The second-order valence-electron chi connectivity index (χ2n) is 4.37. The number of nitro groups is 1. The fraction of sp³-hybridized carbons (Fsp3) is 0.0769. The molecule has 2 aromatic heterocycles. The first-order chi connectivity index (χ1) is 10.5. The van der Waals surface area contributed by atoms with Gasteiger partial charge in [-0.2, -0.15) is 4.99 Å². The molecule has 22 heavy (non-hydrogen) atoms. The molecule has 0 radical (unpaired) electrons. The molecule has 112 valence electrons. The van der Waals surface area contributed by atoms with Gasteiger partial charge >= 0.3 is 5.00 Å². The lowest BCUT2D eigenvalue weighted by Crippen LogP contribution is -2.12. The molecule has 0 N–H and O–H groups in total. The van der Waals surface area contributed by atoms with Crippen molar-refractivity contribution >= 4 is 55.4 Å². The standard InChI is InChI=1S/C13H8ClN3O3S2/c1-16-8-3-2-7(14)6-10(8)22-13(16)15-12(18)9-4-5-11(21-9)17(19)20/h2-6H,1H3. The number of nitrogens with zero attached hydrogens (tertiary/aromatic N) is 3. The number of aryl methyl sites for hydroxylation is 1. The van der Waals surface area contributed by atoms with E-state index in [2.05, 4.69) is 4.99 Å². The Bertz CT molecular complexity index is 970. The fourth-order valence-corrected chi connectivity index (χ4v) is 3.89. The molecular formula is C13H8ClN3O3S2. The Morgan fingerprint density at radius 1 is 1.32 bits per heavy atom. The maximum Gasteiger partial charge on any atom is 0.324 e. The quantitative estimate of drug-likeness (QED) is 0.521. The van der Waals surface area contributed by atoms with E-state index in [1.165, 1.54) is 23.5 Å². The minimum absolute atomic E-state index is 0.0777. The second kappa shape index (κ2) is 5.64. The molecule has 0 spiro atoms. The van der Waals surface area contributed by atoms with Crippen LogP contribution >= 0.6 is 34.3 Å². The van der Waals surface area contributed by atoms with Crippen molar-refractivity contribution in [2.45, 2.75) is 0 Å². The summed E-state index contributed by atoms with van der Waals surface area (Å²) in [6.07, 6.45) is 0. The Kier molecular flexibility index (Phi) is 3.81. The zero-order valence-corrected chi connectivity index (χ0v) is 13.5. The first-order valence-corrected chi connectivity index (χ1v) is 8.05. The Hall–Kier alpha value is -2.03. The van der Waals surface area contributed by atoms with Crippen LogP contribution in [0, 0.1) is 10.1 Å². The molecule has 1 aromatic carbocycles. The van der Waals surface area contributed by atoms with Gasteiger partial charge in [-0.25, -0.2) is 0 Å². The first-order valence-electron chi connectivity index (χ1n) is 6.04. The van der Waals surface area contributed by atoms with Crippen LogP contribution in [0.1, 0.15) is 9.67 Å². The molecule has 0 aliphatic rings. The van der Waals surface area contributed by atoms with Gasteiger partial charge in [0.25, 0.3) is 5.91 Å². The number of thiazole rings is 1. The number of carbonyl (C=O) groups excluding carboxylic acids is 1. The Labute approximate surface area is 137 Å². The minimum atomic E-state index is -0.525. The highest BCUT2D eigenvalue weighted by Gasteiger charge is 2.15. The van der Waals surface area contributed by atoms with Crippen molar-refractivity contribution in [3.63, 3.8) is 0 Å². The van der Waals surface area contributed by atoms with E-state index in [9.17, 15) is 14.9 Å². The van der Waals surface area contributed by atoms with E-state index in [0.717, 1.165) is 21.6 Å². The number of carbonyl (C=O) groups is 1. The molecular weight excluding hydrogens is 346 g/mol. The van der Waals surface area contributed by atoms with Gasteiger partial charge < -0.3 is 4.57 Å². The fourth-order valence-electron chi connectivity index (χ4n) is 1.90. The Morgan fingerprint density at radius 3 is 2.77 bits per heavy atom. The van der Waals surface area contributed by atoms with Crippen LogP contribution in [0.2, 0.25) is 5.02 Å². The molecule has 9 heteroatoms. The van der Waals surface area contributed by atoms with Gasteiger partial charge in [0.1, 0.15) is 4.88 Å². The molecule has 0 aliphatic carbocycles. The second-order valence-corrected chi connectivity index (χ2v) is 6.88. The summed E-state index contributed by atoms with van der Waals surface area (Å²) in [6.45, 7) is 0. The minimum Gasteiger partial charge on any atom is -0.319 e. The van der Waals surface area contributed by atoms with E-state index in [0.29, 0.717) is 9.82 Å². The molecule has 1 amide bonds. The van der Waals surface area contributed by atoms with Gasteiger partial charge in [-0.05, 0) is 24.3 Å². The summed E-state index contributed by atoms with van der Waals surface area (Å²) in [5.74, 6) is -0.494. The summed E-state index contributed by atoms with van der Waals surface area (Å²) < 4.78 is 2.70. The van der Waals surface area contributed by atoms with E-state index < -0.39 is 10.8 Å². The van der Waals surface area contributed by atoms with Crippen molar-refractivity contribution in [1.82, 2.24) is 4.57 Å². The number of thiophene rings is 1. The lowest BCUT2D eigenvalue weighted by atomic mass is 10.3. The maximum atomic E-state index is 12.1. The molecule has 0 unspecified atom stereocenters. The third kappa shape index (κ3) is 2.68. The molecule has 3 rings (SSSR count). The topological polar surface area (TPSA) is 77.5 Å². The van der Waals surface area contributed by atoms with Crippen molar-refractivity contribution in [3.05, 3.63) is 55.1 Å². The van der Waals surface area contributed by atoms with Gasteiger partial charge in [0.15, 0.2) is 4.80 Å². The third-order valence-electron chi connectivity index (χ3n) is 2.95. The van der Waals surface area contributed by atoms with Gasteiger partial charge in [0.2, 0.25) is 0 Å². The van der Waals surface area contributed by atoms with Crippen LogP contribution in [0.25, 0.3) is 10.2 Å². The normalized spacial score (nSPS) is 12.0. The predicted molar refractivity (Wildman–Crippen MR) is 86.7 cm³/mol. The number of halogens is 1. The van der Waals surface area contributed by atoms with Gasteiger partial charge in [0, 0.05) is 18.1 Å². The number of hydrogen-bond donors (Lipinski definition) is 0. The van der Waals surface area contributed by atoms with Crippen molar-refractivity contribution in [2.24, 2.45) is 12.0 Å². The van der Waals surface area contributed by atoms with Crippen molar-refractivity contribution in [2.75, 3.05) is 0 Å². The Morgan fingerprint density at radius 2 is 2.09 bits per heavy atom. The zero-order valence-electron chi connectivity index (χ0n) is 11.1. The van der Waals surface area contributed by atoms with Crippen LogP contribution in [0.5, 0.6) is 0 Å². The van der Waals surface area contributed by atoms with Crippen LogP contribution < -0.4 is 4.80 Å². The molecule has 3 aromatic rings. The maximum absolute atomic E-state index is 12.1. The van der Waals surface area contributed by atoms with Crippen LogP contribution in [0.3, 0.4) is 0 Å². The number of rotatable bonds is 2. The number of amides is 1. The highest BCUT2D eigenvalue weighted by atomic mass is 35.5. The number of hydrogen-bond acceptors (Lipinski definition) is 5.